The number of methoxy groups -OCH3 is 1. The van der Waals surface area contributed by atoms with Gasteiger partial charge in [0.25, 0.3) is 15.9 Å². The number of nitrogens with one attached hydrogen (secondary N) is 1. The van der Waals surface area contributed by atoms with E-state index in [1.165, 1.54) is 18.1 Å². The Morgan fingerprint density at radius 3 is 2.71 bits per heavy atom. The molecule has 2 aromatic rings. The van der Waals surface area contributed by atoms with Crippen LogP contribution in [0.25, 0.3) is 0 Å². The van der Waals surface area contributed by atoms with E-state index in [4.69, 9.17) is 16.3 Å². The molecule has 1 atom stereocenters. The zero-order valence-electron chi connectivity index (χ0n) is 17.2. The van der Waals surface area contributed by atoms with Gasteiger partial charge in [-0.15, -0.1) is 11.3 Å². The lowest BCUT2D eigenvalue weighted by atomic mass is 10.0. The van der Waals surface area contributed by atoms with Crippen molar-refractivity contribution in [2.75, 3.05) is 13.7 Å². The molecule has 1 aliphatic rings. The lowest BCUT2D eigenvalue weighted by Crippen LogP contribution is -2.36. The molecule has 7 nitrogen and oxygen atoms in total. The monoisotopic (exact) mass is 488 g/mol. The van der Waals surface area contributed by atoms with E-state index in [1.54, 1.807) is 6.92 Å². The summed E-state index contributed by atoms with van der Waals surface area (Å²) < 4.78 is 46.5. The number of hydrogen-bond acceptors (Lipinski definition) is 6. The van der Waals surface area contributed by atoms with Crippen molar-refractivity contribution in [3.8, 4) is 0 Å². The molecule has 1 N–H and O–H groups in total. The summed E-state index contributed by atoms with van der Waals surface area (Å²) in [4.78, 5) is 27.4. The summed E-state index contributed by atoms with van der Waals surface area (Å²) in [5, 5.41) is -0.00162. The van der Waals surface area contributed by atoms with Crippen LogP contribution in [0.4, 0.5) is 4.39 Å². The molecule has 0 radical (unpaired) electrons. The Morgan fingerprint density at radius 2 is 2.10 bits per heavy atom. The molecule has 0 spiro atoms. The number of esters is 1. The first-order chi connectivity index (χ1) is 14.6. The normalized spacial score (nSPS) is 14.8. The number of nitrogens with zero attached hydrogens (tertiary/aromatic N) is 1. The zero-order chi connectivity index (χ0) is 22.9. The predicted molar refractivity (Wildman–Crippen MR) is 116 cm³/mol. The average molecular weight is 489 g/mol. The number of amides is 1. The molecule has 0 bridgehead atoms. The van der Waals surface area contributed by atoms with Gasteiger partial charge in [-0.1, -0.05) is 18.5 Å². The number of halogens is 2. The molecule has 3 rings (SSSR count). The van der Waals surface area contributed by atoms with Gasteiger partial charge >= 0.3 is 5.97 Å². The Balaban J connectivity index is 1.98. The van der Waals surface area contributed by atoms with Crippen molar-refractivity contribution in [3.05, 3.63) is 50.6 Å². The van der Waals surface area contributed by atoms with Crippen LogP contribution in [0.3, 0.4) is 0 Å². The Hall–Kier alpha value is -2.01. The Morgan fingerprint density at radius 1 is 1.39 bits per heavy atom. The van der Waals surface area contributed by atoms with Crippen LogP contribution >= 0.6 is 22.9 Å². The fraction of sp³-hybridized carbons (Fsp3) is 0.400. The number of carbonyl (C=O) groups excluding carboxylic acids is 2. The van der Waals surface area contributed by atoms with Gasteiger partial charge in [-0.2, -0.15) is 0 Å². The lowest BCUT2D eigenvalue weighted by Gasteiger charge is -2.27. The van der Waals surface area contributed by atoms with Crippen molar-refractivity contribution < 1.29 is 27.1 Å². The molecule has 1 amide bonds. The number of rotatable bonds is 6. The number of sulfonamides is 1. The van der Waals surface area contributed by atoms with Crippen molar-refractivity contribution in [1.82, 2.24) is 9.62 Å². The second-order valence-electron chi connectivity index (χ2n) is 7.19. The third-order valence-corrected chi connectivity index (χ3v) is 8.71. The SMILES string of the molecule is CCC(C)NS(=O)(=O)c1sc2c(c1C(=O)OC)CCN(C(=O)c1ccc(F)cc1Cl)C2. The number of hydrogen-bond donors (Lipinski definition) is 1. The molecule has 168 valence electrons. The van der Waals surface area contributed by atoms with Gasteiger partial charge in [0.2, 0.25) is 0 Å². The van der Waals surface area contributed by atoms with E-state index in [0.717, 1.165) is 23.5 Å². The summed E-state index contributed by atoms with van der Waals surface area (Å²) in [6.07, 6.45) is 0.859. The lowest BCUT2D eigenvalue weighted by molar-refractivity contribution is 0.0595. The maximum absolute atomic E-state index is 13.3. The summed E-state index contributed by atoms with van der Waals surface area (Å²) in [5.41, 5.74) is 0.739. The topological polar surface area (TPSA) is 92.8 Å². The standard InChI is InChI=1S/C20H22ClFN2O5S2/c1-4-11(2)23-31(27,28)20-17(19(26)29-3)14-7-8-24(10-16(14)30-20)18(25)13-6-5-12(22)9-15(13)21/h5-6,9,11,23H,4,7-8,10H2,1-3H3. The van der Waals surface area contributed by atoms with E-state index in [9.17, 15) is 22.4 Å². The minimum atomic E-state index is -3.95. The van der Waals surface area contributed by atoms with Crippen LogP contribution in [0.5, 0.6) is 0 Å². The van der Waals surface area contributed by atoms with Gasteiger partial charge in [0.15, 0.2) is 0 Å². The largest absolute Gasteiger partial charge is 0.465 e. The molecule has 0 aliphatic carbocycles. The van der Waals surface area contributed by atoms with Crippen LogP contribution in [-0.2, 0) is 27.7 Å². The molecule has 2 heterocycles. The second-order valence-corrected chi connectivity index (χ2v) is 10.6. The summed E-state index contributed by atoms with van der Waals surface area (Å²) in [7, 11) is -2.76. The number of carbonyl (C=O) groups is 2. The van der Waals surface area contributed by atoms with E-state index < -0.39 is 27.7 Å². The highest BCUT2D eigenvalue weighted by atomic mass is 35.5. The van der Waals surface area contributed by atoms with Gasteiger partial charge in [-0.05, 0) is 43.5 Å². The van der Waals surface area contributed by atoms with Gasteiger partial charge in [-0.3, -0.25) is 4.79 Å². The summed E-state index contributed by atoms with van der Waals surface area (Å²) in [6.45, 7) is 3.93. The Kier molecular flexibility index (Phi) is 7.04. The average Bonchev–Trinajstić information content (AvgIpc) is 3.12. The highest BCUT2D eigenvalue weighted by Crippen LogP contribution is 2.37. The number of thiophene rings is 1. The number of ether oxygens (including phenoxy) is 1. The third kappa shape index (κ3) is 4.77. The molecular formula is C20H22ClFN2O5S2. The minimum absolute atomic E-state index is 0.00162. The third-order valence-electron chi connectivity index (χ3n) is 5.08. The van der Waals surface area contributed by atoms with Crippen LogP contribution in [0, 0.1) is 5.82 Å². The molecule has 1 aliphatic heterocycles. The first kappa shape index (κ1) is 23.6. The van der Waals surface area contributed by atoms with Gasteiger partial charge in [0.05, 0.1) is 29.8 Å². The van der Waals surface area contributed by atoms with Crippen molar-refractivity contribution in [3.63, 3.8) is 0 Å². The first-order valence-electron chi connectivity index (χ1n) is 9.58. The molecule has 0 saturated heterocycles. The van der Waals surface area contributed by atoms with E-state index in [0.29, 0.717) is 16.9 Å². The molecule has 31 heavy (non-hydrogen) atoms. The molecular weight excluding hydrogens is 467 g/mol. The van der Waals surface area contributed by atoms with Gasteiger partial charge in [0.1, 0.15) is 10.0 Å². The Bertz CT molecular complexity index is 1130. The smallest absolute Gasteiger partial charge is 0.340 e. The molecule has 1 unspecified atom stereocenters. The van der Waals surface area contributed by atoms with Crippen molar-refractivity contribution in [2.24, 2.45) is 0 Å². The second kappa shape index (κ2) is 9.23. The number of benzene rings is 1. The van der Waals surface area contributed by atoms with Crippen LogP contribution < -0.4 is 4.72 Å². The van der Waals surface area contributed by atoms with Crippen molar-refractivity contribution in [1.29, 1.82) is 0 Å². The Labute approximate surface area is 189 Å². The molecule has 0 saturated carbocycles. The van der Waals surface area contributed by atoms with E-state index in [-0.39, 0.29) is 45.9 Å². The maximum atomic E-state index is 13.3. The summed E-state index contributed by atoms with van der Waals surface area (Å²) in [5.74, 6) is -1.68. The number of fused-ring (bicyclic) bond motifs is 1. The summed E-state index contributed by atoms with van der Waals surface area (Å²) in [6, 6.07) is 3.22. The highest BCUT2D eigenvalue weighted by molar-refractivity contribution is 7.91. The van der Waals surface area contributed by atoms with Crippen LogP contribution in [0.15, 0.2) is 22.4 Å². The summed E-state index contributed by atoms with van der Waals surface area (Å²) >= 11 is 6.97. The maximum Gasteiger partial charge on any atom is 0.340 e. The van der Waals surface area contributed by atoms with Crippen LogP contribution in [0.2, 0.25) is 5.02 Å². The van der Waals surface area contributed by atoms with Crippen LogP contribution in [-0.4, -0.2) is 44.9 Å². The van der Waals surface area contributed by atoms with E-state index in [1.807, 2.05) is 6.92 Å². The van der Waals surface area contributed by atoms with Gasteiger partial charge in [0, 0.05) is 17.5 Å². The van der Waals surface area contributed by atoms with Crippen molar-refractivity contribution >= 4 is 44.8 Å². The zero-order valence-corrected chi connectivity index (χ0v) is 19.6. The first-order valence-corrected chi connectivity index (χ1v) is 12.3. The van der Waals surface area contributed by atoms with Gasteiger partial charge in [-0.25, -0.2) is 22.3 Å². The van der Waals surface area contributed by atoms with E-state index in [2.05, 4.69) is 4.72 Å². The highest BCUT2D eigenvalue weighted by Gasteiger charge is 2.35. The van der Waals surface area contributed by atoms with Gasteiger partial charge < -0.3 is 9.64 Å². The minimum Gasteiger partial charge on any atom is -0.465 e. The fourth-order valence-corrected chi connectivity index (χ4v) is 6.78. The predicted octanol–water partition coefficient (Wildman–Crippen LogP) is 3.60. The molecule has 11 heteroatoms. The molecule has 1 aromatic carbocycles. The van der Waals surface area contributed by atoms with Crippen LogP contribution in [0.1, 0.15) is 51.4 Å². The van der Waals surface area contributed by atoms with E-state index >= 15 is 0 Å². The fourth-order valence-electron chi connectivity index (χ4n) is 3.28. The quantitative estimate of drug-likeness (QED) is 0.627. The molecule has 0 fully saturated rings. The molecule has 1 aromatic heterocycles. The van der Waals surface area contributed by atoms with Crippen molar-refractivity contribution in [2.45, 2.75) is 43.5 Å².